The van der Waals surface area contributed by atoms with Crippen molar-refractivity contribution in [3.05, 3.63) is 52.0 Å². The third-order valence-electron chi connectivity index (χ3n) is 3.86. The van der Waals surface area contributed by atoms with Gasteiger partial charge in [-0.2, -0.15) is 0 Å². The fourth-order valence-electron chi connectivity index (χ4n) is 2.30. The quantitative estimate of drug-likeness (QED) is 0.792. The first-order valence-corrected chi connectivity index (χ1v) is 8.13. The van der Waals surface area contributed by atoms with Crippen molar-refractivity contribution in [2.45, 2.75) is 38.5 Å². The van der Waals surface area contributed by atoms with Crippen molar-refractivity contribution in [1.29, 1.82) is 0 Å². The Morgan fingerprint density at radius 2 is 2.10 bits per heavy atom. The molecule has 1 unspecified atom stereocenters. The summed E-state index contributed by atoms with van der Waals surface area (Å²) in [6, 6.07) is 6.30. The van der Waals surface area contributed by atoms with Crippen LogP contribution < -0.4 is 4.74 Å². The minimum Gasteiger partial charge on any atom is -0.491 e. The molecule has 0 aliphatic heterocycles. The van der Waals surface area contributed by atoms with E-state index in [-0.39, 0.29) is 5.92 Å². The maximum Gasteiger partial charge on any atom is 0.141 e. The number of nitrogens with zero attached hydrogens (tertiary/aromatic N) is 2. The predicted octanol–water partition coefficient (Wildman–Crippen LogP) is 4.61. The normalized spacial score (nSPS) is 15.8. The minimum atomic E-state index is 0.261. The van der Waals surface area contributed by atoms with E-state index in [1.807, 2.05) is 19.2 Å². The molecule has 1 aliphatic carbocycles. The van der Waals surface area contributed by atoms with E-state index in [0.29, 0.717) is 6.61 Å². The van der Waals surface area contributed by atoms with Crippen molar-refractivity contribution in [3.63, 3.8) is 0 Å². The molecule has 3 nitrogen and oxygen atoms in total. The van der Waals surface area contributed by atoms with Gasteiger partial charge in [0.2, 0.25) is 0 Å². The summed E-state index contributed by atoms with van der Waals surface area (Å²) in [5.41, 5.74) is 3.36. The average molecular weight is 347 g/mol. The molecule has 2 heterocycles. The molecule has 3 rings (SSSR count). The largest absolute Gasteiger partial charge is 0.491 e. The van der Waals surface area contributed by atoms with Crippen LogP contribution in [0.4, 0.5) is 0 Å². The molecule has 1 atom stereocenters. The standard InChI is InChI=1S/C17H19BrN2O/c1-11(10-21-17-7-15(18)9-19-12(17)2)16-6-5-14(8-20-16)13-3-4-13/h5-9,11,13H,3-4,10H2,1-2H3. The summed E-state index contributed by atoms with van der Waals surface area (Å²) in [5.74, 6) is 1.84. The zero-order valence-corrected chi connectivity index (χ0v) is 13.9. The molecule has 2 aromatic heterocycles. The van der Waals surface area contributed by atoms with Gasteiger partial charge >= 0.3 is 0 Å². The lowest BCUT2D eigenvalue weighted by Gasteiger charge is -2.14. The maximum absolute atomic E-state index is 5.89. The Balaban J connectivity index is 1.62. The molecule has 1 fully saturated rings. The van der Waals surface area contributed by atoms with Gasteiger partial charge in [0.1, 0.15) is 5.75 Å². The van der Waals surface area contributed by atoms with E-state index < -0.39 is 0 Å². The topological polar surface area (TPSA) is 35.0 Å². The highest BCUT2D eigenvalue weighted by Gasteiger charge is 2.23. The zero-order chi connectivity index (χ0) is 14.8. The fourth-order valence-corrected chi connectivity index (χ4v) is 2.61. The van der Waals surface area contributed by atoms with E-state index in [9.17, 15) is 0 Å². The number of hydrogen-bond acceptors (Lipinski definition) is 3. The third-order valence-corrected chi connectivity index (χ3v) is 4.29. The Morgan fingerprint density at radius 3 is 2.76 bits per heavy atom. The summed E-state index contributed by atoms with van der Waals surface area (Å²) in [6.45, 7) is 4.70. The second kappa shape index (κ2) is 6.14. The molecule has 2 aromatic rings. The molecule has 0 spiro atoms. The van der Waals surface area contributed by atoms with E-state index >= 15 is 0 Å². The van der Waals surface area contributed by atoms with Gasteiger partial charge < -0.3 is 4.74 Å². The van der Waals surface area contributed by atoms with Gasteiger partial charge in [-0.05, 0) is 59.3 Å². The lowest BCUT2D eigenvalue weighted by atomic mass is 10.1. The summed E-state index contributed by atoms with van der Waals surface area (Å²) in [5, 5.41) is 0. The molecule has 110 valence electrons. The van der Waals surface area contributed by atoms with Crippen molar-refractivity contribution in [2.75, 3.05) is 6.61 Å². The number of ether oxygens (including phenoxy) is 1. The van der Waals surface area contributed by atoms with E-state index in [0.717, 1.165) is 27.5 Å². The highest BCUT2D eigenvalue weighted by molar-refractivity contribution is 9.10. The number of halogens is 1. The van der Waals surface area contributed by atoms with E-state index in [1.165, 1.54) is 18.4 Å². The molecule has 0 saturated heterocycles. The Bertz CT molecular complexity index is 623. The summed E-state index contributed by atoms with van der Waals surface area (Å²) in [4.78, 5) is 8.87. The Hall–Kier alpha value is -1.42. The van der Waals surface area contributed by atoms with Gasteiger partial charge in [0.15, 0.2) is 0 Å². The molecule has 0 bridgehead atoms. The van der Waals surface area contributed by atoms with Crippen LogP contribution in [0.5, 0.6) is 5.75 Å². The van der Waals surface area contributed by atoms with Gasteiger partial charge in [-0.15, -0.1) is 0 Å². The van der Waals surface area contributed by atoms with Crippen LogP contribution in [0.1, 0.15) is 48.6 Å². The van der Waals surface area contributed by atoms with Crippen LogP contribution in [0.3, 0.4) is 0 Å². The zero-order valence-electron chi connectivity index (χ0n) is 12.3. The number of hydrogen-bond donors (Lipinski definition) is 0. The van der Waals surface area contributed by atoms with Crippen molar-refractivity contribution in [2.24, 2.45) is 0 Å². The molecule has 0 aromatic carbocycles. The molecular weight excluding hydrogens is 328 g/mol. The van der Waals surface area contributed by atoms with Gasteiger partial charge in [0.25, 0.3) is 0 Å². The first kappa shape index (κ1) is 14.5. The van der Waals surface area contributed by atoms with Gasteiger partial charge in [0.05, 0.1) is 12.3 Å². The molecule has 1 aliphatic rings. The predicted molar refractivity (Wildman–Crippen MR) is 86.8 cm³/mol. The van der Waals surface area contributed by atoms with Crippen LogP contribution in [0.15, 0.2) is 35.1 Å². The first-order chi connectivity index (χ1) is 10.1. The lowest BCUT2D eigenvalue weighted by molar-refractivity contribution is 0.290. The fraction of sp³-hybridized carbons (Fsp3) is 0.412. The van der Waals surface area contributed by atoms with Crippen molar-refractivity contribution in [3.8, 4) is 5.75 Å². The summed E-state index contributed by atoms with van der Waals surface area (Å²) < 4.78 is 6.82. The number of aryl methyl sites for hydroxylation is 1. The van der Waals surface area contributed by atoms with Crippen molar-refractivity contribution >= 4 is 15.9 Å². The molecule has 0 radical (unpaired) electrons. The van der Waals surface area contributed by atoms with Crippen LogP contribution in [0, 0.1) is 6.92 Å². The molecule has 0 N–H and O–H groups in total. The molecule has 0 amide bonds. The van der Waals surface area contributed by atoms with E-state index in [4.69, 9.17) is 4.74 Å². The number of pyridine rings is 2. The summed E-state index contributed by atoms with van der Waals surface area (Å²) in [7, 11) is 0. The Kier molecular flexibility index (Phi) is 4.24. The Labute approximate surface area is 133 Å². The van der Waals surface area contributed by atoms with Crippen LogP contribution >= 0.6 is 15.9 Å². The van der Waals surface area contributed by atoms with E-state index in [2.05, 4.69) is 45.0 Å². The van der Waals surface area contributed by atoms with Crippen molar-refractivity contribution < 1.29 is 4.74 Å². The number of rotatable bonds is 5. The highest BCUT2D eigenvalue weighted by Crippen LogP contribution is 2.39. The van der Waals surface area contributed by atoms with Gasteiger partial charge in [-0.25, -0.2) is 0 Å². The Morgan fingerprint density at radius 1 is 1.29 bits per heavy atom. The second-order valence-electron chi connectivity index (χ2n) is 5.74. The van der Waals surface area contributed by atoms with E-state index in [1.54, 1.807) is 6.20 Å². The smallest absolute Gasteiger partial charge is 0.141 e. The second-order valence-corrected chi connectivity index (χ2v) is 6.66. The van der Waals surface area contributed by atoms with Crippen LogP contribution in [-0.2, 0) is 0 Å². The third kappa shape index (κ3) is 3.62. The summed E-state index contributed by atoms with van der Waals surface area (Å²) >= 11 is 3.42. The van der Waals surface area contributed by atoms with Crippen molar-refractivity contribution in [1.82, 2.24) is 9.97 Å². The summed E-state index contributed by atoms with van der Waals surface area (Å²) in [6.07, 6.45) is 6.43. The molecule has 4 heteroatoms. The highest BCUT2D eigenvalue weighted by atomic mass is 79.9. The monoisotopic (exact) mass is 346 g/mol. The molecule has 21 heavy (non-hydrogen) atoms. The molecular formula is C17H19BrN2O. The van der Waals surface area contributed by atoms with Gasteiger partial charge in [-0.3, -0.25) is 9.97 Å². The average Bonchev–Trinajstić information content (AvgIpc) is 3.33. The number of aromatic nitrogens is 2. The van der Waals surface area contributed by atoms with Crippen LogP contribution in [0.25, 0.3) is 0 Å². The first-order valence-electron chi connectivity index (χ1n) is 7.34. The van der Waals surface area contributed by atoms with Crippen LogP contribution in [0.2, 0.25) is 0 Å². The minimum absolute atomic E-state index is 0.261. The van der Waals surface area contributed by atoms with Gasteiger partial charge in [0, 0.05) is 28.5 Å². The van der Waals surface area contributed by atoms with Gasteiger partial charge in [-0.1, -0.05) is 13.0 Å². The lowest BCUT2D eigenvalue weighted by Crippen LogP contribution is -2.09. The SMILES string of the molecule is Cc1ncc(Br)cc1OCC(C)c1ccc(C2CC2)cn1. The maximum atomic E-state index is 5.89. The van der Waals surface area contributed by atoms with Crippen LogP contribution in [-0.4, -0.2) is 16.6 Å². The molecule has 1 saturated carbocycles.